The summed E-state index contributed by atoms with van der Waals surface area (Å²) in [7, 11) is 1.45. The average molecular weight is 596 g/mol. The largest absolute Gasteiger partial charge is 0.383 e. The number of pyridine rings is 2. The average Bonchev–Trinajstić information content (AvgIpc) is 3.62. The SMILES string of the molecule is CCCn1c2c(c(=O)n(CCN3CCCC3=O)c1=O)CC(c1ccc(N(CCOC)C(=O)c3ccc(F)nc3F)nc1)=N2. The molecule has 2 aliphatic rings. The topological polar surface area (TPSA) is 132 Å². The van der Waals surface area contributed by atoms with Gasteiger partial charge in [-0.2, -0.15) is 13.8 Å². The lowest BCUT2D eigenvalue weighted by atomic mass is 10.1. The molecular weight excluding hydrogens is 564 g/mol. The first-order valence-corrected chi connectivity index (χ1v) is 14.0. The molecule has 226 valence electrons. The van der Waals surface area contributed by atoms with Crippen LogP contribution in [0, 0.1) is 11.9 Å². The van der Waals surface area contributed by atoms with Crippen molar-refractivity contribution in [1.29, 1.82) is 0 Å². The molecule has 14 heteroatoms. The molecule has 0 aliphatic carbocycles. The van der Waals surface area contributed by atoms with Crippen LogP contribution in [0.3, 0.4) is 0 Å². The summed E-state index contributed by atoms with van der Waals surface area (Å²) in [4.78, 5) is 67.0. The van der Waals surface area contributed by atoms with Crippen LogP contribution in [0.25, 0.3) is 0 Å². The van der Waals surface area contributed by atoms with Crippen LogP contribution >= 0.6 is 0 Å². The number of anilines is 1. The summed E-state index contributed by atoms with van der Waals surface area (Å²) in [6, 6.07) is 5.13. The lowest BCUT2D eigenvalue weighted by Gasteiger charge is -2.21. The fraction of sp³-hybridized carbons (Fsp3) is 0.414. The van der Waals surface area contributed by atoms with Crippen molar-refractivity contribution in [3.63, 3.8) is 0 Å². The number of amides is 2. The molecule has 3 aromatic rings. The lowest BCUT2D eigenvalue weighted by Crippen LogP contribution is -2.43. The number of nitrogens with zero attached hydrogens (tertiary/aromatic N) is 7. The van der Waals surface area contributed by atoms with E-state index in [1.807, 2.05) is 6.92 Å². The molecule has 0 N–H and O–H groups in total. The highest BCUT2D eigenvalue weighted by molar-refractivity contribution is 6.07. The molecule has 1 fully saturated rings. The highest BCUT2D eigenvalue weighted by atomic mass is 19.1. The molecule has 0 spiro atoms. The van der Waals surface area contributed by atoms with E-state index in [0.717, 1.165) is 18.6 Å². The maximum atomic E-state index is 14.3. The molecule has 43 heavy (non-hydrogen) atoms. The number of hydrogen-bond donors (Lipinski definition) is 0. The van der Waals surface area contributed by atoms with Crippen LogP contribution in [0.5, 0.6) is 0 Å². The first kappa shape index (κ1) is 29.9. The van der Waals surface area contributed by atoms with Crippen molar-refractivity contribution in [1.82, 2.24) is 24.0 Å². The molecular formula is C29H31F2N7O5. The fourth-order valence-corrected chi connectivity index (χ4v) is 5.25. The first-order chi connectivity index (χ1) is 20.7. The number of ether oxygens (including phenoxy) is 1. The van der Waals surface area contributed by atoms with E-state index in [4.69, 9.17) is 4.74 Å². The van der Waals surface area contributed by atoms with Crippen LogP contribution in [-0.2, 0) is 29.0 Å². The minimum atomic E-state index is -1.24. The Labute approximate surface area is 245 Å². The fourth-order valence-electron chi connectivity index (χ4n) is 5.25. The molecule has 5 rings (SSSR count). The summed E-state index contributed by atoms with van der Waals surface area (Å²) in [5.74, 6) is -2.54. The number of carbonyl (C=O) groups excluding carboxylic acids is 2. The van der Waals surface area contributed by atoms with Crippen molar-refractivity contribution in [3.8, 4) is 0 Å². The van der Waals surface area contributed by atoms with Gasteiger partial charge in [-0.3, -0.25) is 28.4 Å². The van der Waals surface area contributed by atoms with Crippen LogP contribution in [0.4, 0.5) is 20.4 Å². The van der Waals surface area contributed by atoms with Crippen LogP contribution < -0.4 is 16.1 Å². The van der Waals surface area contributed by atoms with E-state index in [2.05, 4.69) is 15.0 Å². The van der Waals surface area contributed by atoms with Crippen molar-refractivity contribution < 1.29 is 23.1 Å². The van der Waals surface area contributed by atoms with Gasteiger partial charge < -0.3 is 9.64 Å². The van der Waals surface area contributed by atoms with Gasteiger partial charge in [0.2, 0.25) is 17.8 Å². The third-order valence-electron chi connectivity index (χ3n) is 7.45. The Hall–Kier alpha value is -4.59. The number of rotatable bonds is 11. The molecule has 1 saturated heterocycles. The minimum Gasteiger partial charge on any atom is -0.383 e. The Bertz CT molecular complexity index is 1700. The third kappa shape index (κ3) is 6.00. The first-order valence-electron chi connectivity index (χ1n) is 14.0. The van der Waals surface area contributed by atoms with Crippen molar-refractivity contribution >= 4 is 29.2 Å². The zero-order valence-electron chi connectivity index (χ0n) is 23.9. The quantitative estimate of drug-likeness (QED) is 0.310. The standard InChI is InChI=1S/C29H31F2N7O5/c1-3-10-37-26-20(28(41)38(29(37)42)13-12-35-11-4-5-24(35)39)16-21(33-26)18-6-9-23(32-17-18)36(14-15-43-2)27(40)19-7-8-22(30)34-25(19)31/h6-9,17H,3-5,10-16H2,1-2H3. The molecule has 0 saturated carbocycles. The van der Waals surface area contributed by atoms with Gasteiger partial charge in [0.1, 0.15) is 11.6 Å². The summed E-state index contributed by atoms with van der Waals surface area (Å²) in [5, 5.41) is 0. The van der Waals surface area contributed by atoms with E-state index in [1.54, 1.807) is 17.0 Å². The van der Waals surface area contributed by atoms with Crippen molar-refractivity contribution in [2.75, 3.05) is 38.3 Å². The van der Waals surface area contributed by atoms with Crippen molar-refractivity contribution in [2.24, 2.45) is 4.99 Å². The second kappa shape index (κ2) is 12.7. The van der Waals surface area contributed by atoms with Gasteiger partial charge in [-0.25, -0.2) is 14.8 Å². The molecule has 5 heterocycles. The Morgan fingerprint density at radius 2 is 1.88 bits per heavy atom. The van der Waals surface area contributed by atoms with Gasteiger partial charge >= 0.3 is 5.69 Å². The Morgan fingerprint density at radius 3 is 2.53 bits per heavy atom. The molecule has 12 nitrogen and oxygen atoms in total. The molecule has 0 unspecified atom stereocenters. The summed E-state index contributed by atoms with van der Waals surface area (Å²) in [6.45, 7) is 3.45. The molecule has 0 bridgehead atoms. The zero-order chi connectivity index (χ0) is 30.7. The maximum Gasteiger partial charge on any atom is 0.332 e. The van der Waals surface area contributed by atoms with Gasteiger partial charge in [0.05, 0.1) is 30.0 Å². The zero-order valence-corrected chi connectivity index (χ0v) is 23.9. The number of likely N-dealkylation sites (tertiary alicyclic amines) is 1. The van der Waals surface area contributed by atoms with Gasteiger partial charge in [-0.15, -0.1) is 0 Å². The molecule has 0 aromatic carbocycles. The number of aliphatic imine (C=N–C) groups is 1. The summed E-state index contributed by atoms with van der Waals surface area (Å²) in [5.41, 5.74) is 0.151. The normalized spacial score (nSPS) is 14.3. The van der Waals surface area contributed by atoms with E-state index in [9.17, 15) is 28.0 Å². The molecule has 0 radical (unpaired) electrons. The van der Waals surface area contributed by atoms with Gasteiger partial charge in [-0.1, -0.05) is 6.92 Å². The predicted octanol–water partition coefficient (Wildman–Crippen LogP) is 2.08. The molecule has 3 aromatic heterocycles. The van der Waals surface area contributed by atoms with E-state index >= 15 is 0 Å². The number of methoxy groups -OCH3 is 1. The number of halogens is 2. The highest BCUT2D eigenvalue weighted by Crippen LogP contribution is 2.26. The highest BCUT2D eigenvalue weighted by Gasteiger charge is 2.28. The van der Waals surface area contributed by atoms with Gasteiger partial charge in [0.25, 0.3) is 11.5 Å². The number of aromatic nitrogens is 4. The van der Waals surface area contributed by atoms with E-state index < -0.39 is 34.6 Å². The van der Waals surface area contributed by atoms with Crippen LogP contribution in [0.1, 0.15) is 47.7 Å². The summed E-state index contributed by atoms with van der Waals surface area (Å²) < 4.78 is 35.4. The van der Waals surface area contributed by atoms with Crippen LogP contribution in [0.15, 0.2) is 45.0 Å². The lowest BCUT2D eigenvalue weighted by molar-refractivity contribution is -0.127. The summed E-state index contributed by atoms with van der Waals surface area (Å²) >= 11 is 0. The second-order valence-corrected chi connectivity index (χ2v) is 10.2. The van der Waals surface area contributed by atoms with Crippen molar-refractivity contribution in [3.05, 3.63) is 79.9 Å². The molecule has 2 aliphatic heterocycles. The Balaban J connectivity index is 1.42. The van der Waals surface area contributed by atoms with E-state index in [0.29, 0.717) is 48.6 Å². The van der Waals surface area contributed by atoms with Gasteiger partial charge in [0, 0.05) is 57.9 Å². The summed E-state index contributed by atoms with van der Waals surface area (Å²) in [6.07, 6.45) is 3.53. The number of fused-ring (bicyclic) bond motifs is 1. The van der Waals surface area contributed by atoms with Crippen LogP contribution in [-0.4, -0.2) is 74.9 Å². The van der Waals surface area contributed by atoms with Crippen molar-refractivity contribution in [2.45, 2.75) is 45.7 Å². The van der Waals surface area contributed by atoms with Gasteiger partial charge in [0.15, 0.2) is 0 Å². The smallest absolute Gasteiger partial charge is 0.332 e. The molecule has 2 amide bonds. The van der Waals surface area contributed by atoms with Gasteiger partial charge in [-0.05, 0) is 37.1 Å². The molecule has 0 atom stereocenters. The number of carbonyl (C=O) groups is 2. The monoisotopic (exact) mass is 595 g/mol. The van der Waals surface area contributed by atoms with E-state index in [1.165, 1.54) is 27.3 Å². The minimum absolute atomic E-state index is 0.0200. The Kier molecular flexibility index (Phi) is 8.85. The predicted molar refractivity (Wildman–Crippen MR) is 153 cm³/mol. The van der Waals surface area contributed by atoms with Crippen LogP contribution in [0.2, 0.25) is 0 Å². The Morgan fingerprint density at radius 1 is 1.07 bits per heavy atom. The van der Waals surface area contributed by atoms with E-state index in [-0.39, 0.29) is 44.4 Å². The second-order valence-electron chi connectivity index (χ2n) is 10.2. The third-order valence-corrected chi connectivity index (χ3v) is 7.45. The maximum absolute atomic E-state index is 14.3. The number of hydrogen-bond acceptors (Lipinski definition) is 8.